The second-order valence-corrected chi connectivity index (χ2v) is 7.19. The summed E-state index contributed by atoms with van der Waals surface area (Å²) in [5.74, 6) is 1.35. The third kappa shape index (κ3) is 3.54. The summed E-state index contributed by atoms with van der Waals surface area (Å²) in [6.07, 6.45) is 0. The van der Waals surface area contributed by atoms with Crippen molar-refractivity contribution in [3.8, 4) is 22.5 Å². The van der Waals surface area contributed by atoms with Crippen LogP contribution in [0.2, 0.25) is 0 Å². The van der Waals surface area contributed by atoms with Gasteiger partial charge in [0.25, 0.3) is 0 Å². The summed E-state index contributed by atoms with van der Waals surface area (Å²) < 4.78 is 0. The monoisotopic (exact) mass is 347 g/mol. The maximum atomic E-state index is 11.3. The third-order valence-electron chi connectivity index (χ3n) is 4.94. The number of aromatic nitrogens is 2. The lowest BCUT2D eigenvalue weighted by atomic mass is 9.98. The molecule has 0 saturated carbocycles. The molecular weight excluding hydrogens is 322 g/mol. The van der Waals surface area contributed by atoms with Crippen LogP contribution in [0.3, 0.4) is 0 Å². The Morgan fingerprint density at radius 1 is 0.962 bits per heavy atom. The van der Waals surface area contributed by atoms with Crippen molar-refractivity contribution in [2.24, 2.45) is 11.7 Å². The number of hydrogen-bond donors (Lipinski definition) is 2. The average Bonchev–Trinajstić information content (AvgIpc) is 3.07. The minimum absolute atomic E-state index is 0.317. The Bertz CT molecular complexity index is 906. The number of hydrogen-bond acceptors (Lipinski definition) is 2. The molecule has 134 valence electrons. The number of nitrogens with two attached hydrogens (primary N) is 1. The summed E-state index contributed by atoms with van der Waals surface area (Å²) in [5, 5.41) is 0. The molecule has 1 aromatic heterocycles. The van der Waals surface area contributed by atoms with Crippen molar-refractivity contribution >= 4 is 5.91 Å². The normalized spacial score (nSPS) is 12.3. The zero-order chi connectivity index (χ0) is 18.8. The minimum atomic E-state index is -0.425. The SMILES string of the molecule is Cc1ccc(-c2[nH]c(C(C)C(C)C)nc2-c2ccc(C(N)=O)cc2)cc1. The molecule has 0 aliphatic heterocycles. The van der Waals surface area contributed by atoms with E-state index in [0.29, 0.717) is 17.4 Å². The van der Waals surface area contributed by atoms with Gasteiger partial charge in [0.2, 0.25) is 5.91 Å². The summed E-state index contributed by atoms with van der Waals surface area (Å²) in [6.45, 7) is 8.65. The molecule has 0 saturated heterocycles. The zero-order valence-corrected chi connectivity index (χ0v) is 15.7. The van der Waals surface area contributed by atoms with Crippen molar-refractivity contribution in [1.82, 2.24) is 9.97 Å². The fourth-order valence-electron chi connectivity index (χ4n) is 2.85. The fourth-order valence-corrected chi connectivity index (χ4v) is 2.85. The highest BCUT2D eigenvalue weighted by Crippen LogP contribution is 2.33. The van der Waals surface area contributed by atoms with Crippen LogP contribution in [0.1, 0.15) is 48.4 Å². The van der Waals surface area contributed by atoms with Crippen LogP contribution in [0.25, 0.3) is 22.5 Å². The lowest BCUT2D eigenvalue weighted by molar-refractivity contribution is 0.100. The van der Waals surface area contributed by atoms with Crippen molar-refractivity contribution in [3.63, 3.8) is 0 Å². The zero-order valence-electron chi connectivity index (χ0n) is 15.7. The van der Waals surface area contributed by atoms with Crippen LogP contribution in [-0.4, -0.2) is 15.9 Å². The molecule has 0 aliphatic rings. The van der Waals surface area contributed by atoms with E-state index in [1.807, 2.05) is 12.1 Å². The second kappa shape index (κ2) is 7.16. The van der Waals surface area contributed by atoms with Gasteiger partial charge in [0, 0.05) is 22.6 Å². The van der Waals surface area contributed by atoms with E-state index < -0.39 is 5.91 Å². The number of benzene rings is 2. The Kier molecular flexibility index (Phi) is 4.94. The molecule has 3 N–H and O–H groups in total. The highest BCUT2D eigenvalue weighted by molar-refractivity contribution is 5.93. The maximum absolute atomic E-state index is 11.3. The van der Waals surface area contributed by atoms with Gasteiger partial charge >= 0.3 is 0 Å². The van der Waals surface area contributed by atoms with Gasteiger partial charge in [0.15, 0.2) is 0 Å². The molecule has 3 aromatic rings. The smallest absolute Gasteiger partial charge is 0.248 e. The Morgan fingerprint density at radius 2 is 1.54 bits per heavy atom. The lowest BCUT2D eigenvalue weighted by Crippen LogP contribution is -2.10. The van der Waals surface area contributed by atoms with E-state index in [0.717, 1.165) is 28.3 Å². The molecule has 2 aromatic carbocycles. The van der Waals surface area contributed by atoms with E-state index >= 15 is 0 Å². The molecule has 0 bridgehead atoms. The third-order valence-corrected chi connectivity index (χ3v) is 4.94. The van der Waals surface area contributed by atoms with Crippen LogP contribution in [-0.2, 0) is 0 Å². The molecule has 1 heterocycles. The number of carbonyl (C=O) groups is 1. The van der Waals surface area contributed by atoms with Gasteiger partial charge in [-0.2, -0.15) is 0 Å². The minimum Gasteiger partial charge on any atom is -0.366 e. The van der Waals surface area contributed by atoms with E-state index in [4.69, 9.17) is 10.7 Å². The number of imidazole rings is 1. The highest BCUT2D eigenvalue weighted by Gasteiger charge is 2.19. The first-order chi connectivity index (χ1) is 12.4. The maximum Gasteiger partial charge on any atom is 0.248 e. The molecule has 1 amide bonds. The number of nitrogens with one attached hydrogen (secondary N) is 1. The number of carbonyl (C=O) groups excluding carboxylic acids is 1. The van der Waals surface area contributed by atoms with Crippen molar-refractivity contribution in [1.29, 1.82) is 0 Å². The van der Waals surface area contributed by atoms with E-state index in [1.165, 1.54) is 5.56 Å². The molecule has 26 heavy (non-hydrogen) atoms. The molecule has 4 nitrogen and oxygen atoms in total. The Labute approximate surface area is 154 Å². The Morgan fingerprint density at radius 3 is 2.08 bits per heavy atom. The van der Waals surface area contributed by atoms with E-state index in [9.17, 15) is 4.79 Å². The predicted octanol–water partition coefficient (Wildman–Crippen LogP) is 4.91. The van der Waals surface area contributed by atoms with Crippen LogP contribution in [0, 0.1) is 12.8 Å². The number of aromatic amines is 1. The number of H-pyrrole nitrogens is 1. The summed E-state index contributed by atoms with van der Waals surface area (Å²) in [4.78, 5) is 19.8. The predicted molar refractivity (Wildman–Crippen MR) is 106 cm³/mol. The average molecular weight is 347 g/mol. The molecule has 0 fully saturated rings. The summed E-state index contributed by atoms with van der Waals surface area (Å²) in [7, 11) is 0. The molecular formula is C22H25N3O. The quantitative estimate of drug-likeness (QED) is 0.688. The van der Waals surface area contributed by atoms with Gasteiger partial charge in [-0.3, -0.25) is 4.79 Å². The van der Waals surface area contributed by atoms with Gasteiger partial charge in [0.1, 0.15) is 5.82 Å². The Hall–Kier alpha value is -2.88. The van der Waals surface area contributed by atoms with Crippen molar-refractivity contribution in [3.05, 3.63) is 65.5 Å². The second-order valence-electron chi connectivity index (χ2n) is 7.19. The van der Waals surface area contributed by atoms with Crippen molar-refractivity contribution < 1.29 is 4.79 Å². The standard InChI is InChI=1S/C22H25N3O/c1-13(2)15(4)22-24-19(16-7-5-14(3)6-8-16)20(25-22)17-9-11-18(12-10-17)21(23)26/h5-13,15H,1-4H3,(H2,23,26)(H,24,25). The number of aryl methyl sites for hydroxylation is 1. The van der Waals surface area contributed by atoms with Gasteiger partial charge in [-0.1, -0.05) is 62.7 Å². The molecule has 1 atom stereocenters. The molecule has 0 radical (unpaired) electrons. The topological polar surface area (TPSA) is 71.8 Å². The number of primary amides is 1. The first-order valence-electron chi connectivity index (χ1n) is 8.94. The summed E-state index contributed by atoms with van der Waals surface area (Å²) in [5.41, 5.74) is 11.0. The number of amides is 1. The van der Waals surface area contributed by atoms with E-state index in [-0.39, 0.29) is 0 Å². The van der Waals surface area contributed by atoms with Gasteiger partial charge < -0.3 is 10.7 Å². The van der Waals surface area contributed by atoms with E-state index in [1.54, 1.807) is 12.1 Å². The lowest BCUT2D eigenvalue weighted by Gasteiger charge is -2.11. The van der Waals surface area contributed by atoms with Gasteiger partial charge in [-0.15, -0.1) is 0 Å². The van der Waals surface area contributed by atoms with Crippen molar-refractivity contribution in [2.45, 2.75) is 33.6 Å². The summed E-state index contributed by atoms with van der Waals surface area (Å²) in [6, 6.07) is 15.7. The molecule has 1 unspecified atom stereocenters. The van der Waals surface area contributed by atoms with Gasteiger partial charge in [-0.25, -0.2) is 4.98 Å². The van der Waals surface area contributed by atoms with Crippen LogP contribution in [0.15, 0.2) is 48.5 Å². The Balaban J connectivity index is 2.12. The van der Waals surface area contributed by atoms with Crippen molar-refractivity contribution in [2.75, 3.05) is 0 Å². The fraction of sp³-hybridized carbons (Fsp3) is 0.273. The molecule has 3 rings (SSSR count). The first kappa shape index (κ1) is 17.9. The molecule has 0 aliphatic carbocycles. The van der Waals surface area contributed by atoms with Crippen LogP contribution < -0.4 is 5.73 Å². The van der Waals surface area contributed by atoms with Crippen LogP contribution in [0.4, 0.5) is 0 Å². The first-order valence-corrected chi connectivity index (χ1v) is 8.94. The van der Waals surface area contributed by atoms with Gasteiger partial charge in [-0.05, 0) is 25.0 Å². The highest BCUT2D eigenvalue weighted by atomic mass is 16.1. The number of nitrogens with zero attached hydrogens (tertiary/aromatic N) is 1. The number of rotatable bonds is 5. The molecule has 0 spiro atoms. The largest absolute Gasteiger partial charge is 0.366 e. The molecule has 4 heteroatoms. The summed E-state index contributed by atoms with van der Waals surface area (Å²) >= 11 is 0. The van der Waals surface area contributed by atoms with Gasteiger partial charge in [0.05, 0.1) is 11.4 Å². The van der Waals surface area contributed by atoms with E-state index in [2.05, 4.69) is 56.9 Å². The van der Waals surface area contributed by atoms with Crippen LogP contribution >= 0.6 is 0 Å². The van der Waals surface area contributed by atoms with Crippen LogP contribution in [0.5, 0.6) is 0 Å².